The number of fused-ring (bicyclic) bond motifs is 5. The van der Waals surface area contributed by atoms with Gasteiger partial charge in [0.05, 0.1) is 15.9 Å². The van der Waals surface area contributed by atoms with Gasteiger partial charge in [0.15, 0.2) is 5.82 Å². The number of nitrogens with one attached hydrogen (secondary N) is 1. The molecule has 11 heteroatoms. The highest BCUT2D eigenvalue weighted by molar-refractivity contribution is 6.36. The summed E-state index contributed by atoms with van der Waals surface area (Å²) in [5.41, 5.74) is 0.222. The summed E-state index contributed by atoms with van der Waals surface area (Å²) in [6, 6.07) is 7.84. The first-order chi connectivity index (χ1) is 21.2. The fourth-order valence-electron chi connectivity index (χ4n) is 8.16. The molecule has 2 unspecified atom stereocenters. The van der Waals surface area contributed by atoms with E-state index in [0.717, 1.165) is 32.2 Å². The van der Waals surface area contributed by atoms with Crippen LogP contribution in [0.5, 0.6) is 11.8 Å². The van der Waals surface area contributed by atoms with Gasteiger partial charge in [0.2, 0.25) is 0 Å². The number of ether oxygens (including phenoxy) is 1. The van der Waals surface area contributed by atoms with Crippen LogP contribution in [0.3, 0.4) is 0 Å². The number of aryl methyl sites for hydroxylation is 1. The summed E-state index contributed by atoms with van der Waals surface area (Å²) in [6.07, 6.45) is 3.35. The van der Waals surface area contributed by atoms with Crippen LogP contribution in [0.15, 0.2) is 30.3 Å². The first-order valence-corrected chi connectivity index (χ1v) is 15.7. The molecule has 2 N–H and O–H groups in total. The van der Waals surface area contributed by atoms with Crippen LogP contribution in [0.1, 0.15) is 37.7 Å². The number of alkyl halides is 1. The van der Waals surface area contributed by atoms with Gasteiger partial charge in [0.1, 0.15) is 35.7 Å². The zero-order valence-corrected chi connectivity index (χ0v) is 25.1. The van der Waals surface area contributed by atoms with E-state index in [2.05, 4.69) is 20.1 Å². The summed E-state index contributed by atoms with van der Waals surface area (Å²) in [5.74, 6) is -0.908. The number of nitrogens with zero attached hydrogens (tertiary/aromatic N) is 4. The molecule has 0 saturated carbocycles. The second-order valence-corrected chi connectivity index (χ2v) is 13.3. The third-order valence-corrected chi connectivity index (χ3v) is 10.6. The Morgan fingerprint density at radius 1 is 1.11 bits per heavy atom. The molecule has 1 aromatic heterocycles. The maximum Gasteiger partial charge on any atom is 0.319 e. The molecule has 0 amide bonds. The summed E-state index contributed by atoms with van der Waals surface area (Å²) in [6.45, 7) is 4.57. The van der Waals surface area contributed by atoms with Crippen molar-refractivity contribution >= 4 is 39.1 Å². The minimum atomic E-state index is -0.911. The lowest BCUT2D eigenvalue weighted by molar-refractivity contribution is 0.107. The number of aromatic hydroxyl groups is 1. The van der Waals surface area contributed by atoms with Crippen molar-refractivity contribution in [3.63, 3.8) is 0 Å². The summed E-state index contributed by atoms with van der Waals surface area (Å²) in [4.78, 5) is 13.8. The molecule has 4 aromatic rings. The first-order valence-electron chi connectivity index (χ1n) is 15.3. The van der Waals surface area contributed by atoms with Gasteiger partial charge in [-0.2, -0.15) is 9.97 Å². The third-order valence-electron chi connectivity index (χ3n) is 10.1. The molecular weight excluding hydrogens is 591 g/mol. The van der Waals surface area contributed by atoms with Gasteiger partial charge in [-0.15, -0.1) is 0 Å². The standard InChI is InChI=1S/C33H33ClF3N5O2/c1-17-25-30(29(37)27(28(17)34)23-11-22(43)10-18-4-2-5-24(36)26(18)23)39-32(40-31(25)41-14-20-6-7-21(15-41)38-20)44-16-33-8-3-9-42(33)13-19(35)12-33/h2,4-5,10-11,19-21,38,43H,3,6-9,12-16H2,1H3/t19-,20?,21?,33+/m1/s1. The maximum atomic E-state index is 17.0. The summed E-state index contributed by atoms with van der Waals surface area (Å²) in [5, 5.41) is 15.3. The zero-order valence-electron chi connectivity index (χ0n) is 24.3. The monoisotopic (exact) mass is 623 g/mol. The van der Waals surface area contributed by atoms with Crippen LogP contribution >= 0.6 is 11.6 Å². The van der Waals surface area contributed by atoms with E-state index in [1.807, 2.05) is 0 Å². The number of piperazine rings is 1. The van der Waals surface area contributed by atoms with E-state index in [9.17, 15) is 9.50 Å². The molecule has 4 fully saturated rings. The molecule has 8 rings (SSSR count). The van der Waals surface area contributed by atoms with Gasteiger partial charge >= 0.3 is 6.01 Å². The molecule has 4 saturated heterocycles. The number of phenols is 1. The molecule has 0 radical (unpaired) electrons. The van der Waals surface area contributed by atoms with E-state index in [0.29, 0.717) is 48.2 Å². The van der Waals surface area contributed by atoms with Crippen LogP contribution in [0.4, 0.5) is 19.0 Å². The molecule has 0 aliphatic carbocycles. The highest BCUT2D eigenvalue weighted by atomic mass is 35.5. The average molecular weight is 624 g/mol. The molecule has 5 heterocycles. The molecule has 4 atom stereocenters. The Morgan fingerprint density at radius 2 is 1.91 bits per heavy atom. The molecule has 230 valence electrons. The van der Waals surface area contributed by atoms with Crippen molar-refractivity contribution in [3.05, 3.63) is 52.6 Å². The average Bonchev–Trinajstić information content (AvgIpc) is 3.64. The topological polar surface area (TPSA) is 73.8 Å². The fourth-order valence-corrected chi connectivity index (χ4v) is 8.44. The maximum absolute atomic E-state index is 17.0. The van der Waals surface area contributed by atoms with Crippen LogP contribution < -0.4 is 15.0 Å². The van der Waals surface area contributed by atoms with Crippen molar-refractivity contribution in [1.82, 2.24) is 20.2 Å². The predicted octanol–water partition coefficient (Wildman–Crippen LogP) is 6.29. The van der Waals surface area contributed by atoms with E-state index < -0.39 is 23.3 Å². The summed E-state index contributed by atoms with van der Waals surface area (Å²) in [7, 11) is 0. The minimum absolute atomic E-state index is 0.0104. The zero-order chi connectivity index (χ0) is 30.3. The van der Waals surface area contributed by atoms with Crippen molar-refractivity contribution in [1.29, 1.82) is 0 Å². The van der Waals surface area contributed by atoms with E-state index in [1.54, 1.807) is 13.0 Å². The van der Waals surface area contributed by atoms with Gasteiger partial charge in [-0.25, -0.2) is 13.2 Å². The van der Waals surface area contributed by atoms with Crippen LogP contribution in [-0.4, -0.2) is 76.6 Å². The molecule has 44 heavy (non-hydrogen) atoms. The normalized spacial score (nSPS) is 26.7. The van der Waals surface area contributed by atoms with Crippen LogP contribution in [0.2, 0.25) is 5.02 Å². The number of anilines is 1. The van der Waals surface area contributed by atoms with E-state index in [1.165, 1.54) is 24.3 Å². The SMILES string of the molecule is Cc1c(Cl)c(-c2cc(O)cc3cccc(F)c23)c(F)c2nc(OC[C@@]34CCCN3C[C@H](F)C4)nc(N3CC4CCC(C3)N4)c12. The first kappa shape index (κ1) is 28.2. The molecule has 7 nitrogen and oxygen atoms in total. The van der Waals surface area contributed by atoms with Crippen LogP contribution in [0.25, 0.3) is 32.8 Å². The van der Waals surface area contributed by atoms with Gasteiger partial charge in [-0.05, 0) is 68.3 Å². The summed E-state index contributed by atoms with van der Waals surface area (Å²) < 4.78 is 52.9. The van der Waals surface area contributed by atoms with Crippen molar-refractivity contribution < 1.29 is 23.0 Å². The molecule has 2 bridgehead atoms. The van der Waals surface area contributed by atoms with Crippen molar-refractivity contribution in [3.8, 4) is 22.9 Å². The fraction of sp³-hybridized carbons (Fsp3) is 0.455. The largest absolute Gasteiger partial charge is 0.508 e. The second kappa shape index (κ2) is 10.4. The molecule has 0 spiro atoms. The molecule has 3 aromatic carbocycles. The summed E-state index contributed by atoms with van der Waals surface area (Å²) >= 11 is 6.96. The number of rotatable bonds is 5. The highest BCUT2D eigenvalue weighted by Gasteiger charge is 2.49. The van der Waals surface area contributed by atoms with Gasteiger partial charge < -0.3 is 20.1 Å². The third kappa shape index (κ3) is 4.40. The smallest absolute Gasteiger partial charge is 0.319 e. The van der Waals surface area contributed by atoms with E-state index >= 15 is 8.78 Å². The number of phenolic OH excluding ortho intramolecular Hbond substituents is 1. The van der Waals surface area contributed by atoms with Crippen molar-refractivity contribution in [2.24, 2.45) is 0 Å². The molecular formula is C33H33ClF3N5O2. The predicted molar refractivity (Wildman–Crippen MR) is 165 cm³/mol. The number of hydrogen-bond donors (Lipinski definition) is 2. The Labute approximate surface area is 258 Å². The van der Waals surface area contributed by atoms with Crippen molar-refractivity contribution in [2.45, 2.75) is 62.8 Å². The number of halogens is 4. The number of benzene rings is 3. The van der Waals surface area contributed by atoms with Gasteiger partial charge in [0, 0.05) is 54.7 Å². The minimum Gasteiger partial charge on any atom is -0.508 e. The Kier molecular flexibility index (Phi) is 6.63. The molecule has 4 aliphatic heterocycles. The molecule has 4 aliphatic rings. The van der Waals surface area contributed by atoms with E-state index in [4.69, 9.17) is 21.3 Å². The van der Waals surface area contributed by atoms with Gasteiger partial charge in [-0.1, -0.05) is 23.7 Å². The quantitative estimate of drug-likeness (QED) is 0.271. The van der Waals surface area contributed by atoms with Gasteiger partial charge in [-0.3, -0.25) is 4.90 Å². The number of aromatic nitrogens is 2. The Morgan fingerprint density at radius 3 is 2.70 bits per heavy atom. The lowest BCUT2D eigenvalue weighted by Gasteiger charge is -2.35. The van der Waals surface area contributed by atoms with Crippen molar-refractivity contribution in [2.75, 3.05) is 37.7 Å². The number of hydrogen-bond acceptors (Lipinski definition) is 7. The Hall–Kier alpha value is -3.34. The highest BCUT2D eigenvalue weighted by Crippen LogP contribution is 2.46. The Bertz CT molecular complexity index is 1810. The Balaban J connectivity index is 1.31. The lowest BCUT2D eigenvalue weighted by Crippen LogP contribution is -2.51. The second-order valence-electron chi connectivity index (χ2n) is 12.9. The lowest BCUT2D eigenvalue weighted by atomic mass is 9.93. The van der Waals surface area contributed by atoms with E-state index in [-0.39, 0.29) is 57.5 Å². The van der Waals surface area contributed by atoms with Gasteiger partial charge in [0.25, 0.3) is 0 Å². The van der Waals surface area contributed by atoms with Crippen LogP contribution in [0, 0.1) is 18.6 Å². The van der Waals surface area contributed by atoms with Crippen LogP contribution in [-0.2, 0) is 0 Å².